The molecular weight excluding hydrogens is 505 g/mol. The number of guanidine groups is 1. The monoisotopic (exact) mass is 533 g/mol. The number of carbonyl (C=O) groups excluding carboxylic acids is 2. The first-order valence-electron chi connectivity index (χ1n) is 9.36. The van der Waals surface area contributed by atoms with E-state index in [2.05, 4.69) is 10.3 Å². The molecule has 0 atom stereocenters. The van der Waals surface area contributed by atoms with E-state index in [1.165, 1.54) is 24.1 Å². The van der Waals surface area contributed by atoms with Crippen LogP contribution in [-0.4, -0.2) is 73.4 Å². The van der Waals surface area contributed by atoms with Gasteiger partial charge in [-0.2, -0.15) is 0 Å². The van der Waals surface area contributed by atoms with Gasteiger partial charge in [-0.05, 0) is 18.4 Å². The highest BCUT2D eigenvalue weighted by molar-refractivity contribution is 14.0. The number of hydrogen-bond donors (Lipinski definition) is 1. The molecule has 166 valence electrons. The Morgan fingerprint density at radius 1 is 1.27 bits per heavy atom. The lowest BCUT2D eigenvalue weighted by Crippen LogP contribution is -2.49. The van der Waals surface area contributed by atoms with Crippen LogP contribution >= 0.6 is 24.0 Å². The number of non-ortho nitro benzene ring substituents is 1. The molecule has 11 heteroatoms. The number of nitrogens with zero attached hydrogens (tertiary/aromatic N) is 4. The van der Waals surface area contributed by atoms with E-state index in [0.717, 1.165) is 5.56 Å². The van der Waals surface area contributed by atoms with Gasteiger partial charge in [0.1, 0.15) is 0 Å². The van der Waals surface area contributed by atoms with Crippen molar-refractivity contribution in [3.8, 4) is 0 Å². The molecule has 1 heterocycles. The molecular formula is C19H28IN5O5. The van der Waals surface area contributed by atoms with Gasteiger partial charge in [0, 0.05) is 39.3 Å². The molecule has 0 spiro atoms. The third kappa shape index (κ3) is 7.43. The van der Waals surface area contributed by atoms with Crippen LogP contribution in [0.25, 0.3) is 0 Å². The van der Waals surface area contributed by atoms with Gasteiger partial charge in [0.25, 0.3) is 5.69 Å². The molecule has 0 saturated carbocycles. The molecule has 0 aliphatic carbocycles. The summed E-state index contributed by atoms with van der Waals surface area (Å²) in [6.45, 7) is 1.64. The molecule has 1 aliphatic heterocycles. The lowest BCUT2D eigenvalue weighted by atomic mass is 9.97. The van der Waals surface area contributed by atoms with Crippen molar-refractivity contribution in [2.75, 3.05) is 40.8 Å². The largest absolute Gasteiger partial charge is 0.469 e. The van der Waals surface area contributed by atoms with E-state index in [-0.39, 0.29) is 54.0 Å². The zero-order valence-corrected chi connectivity index (χ0v) is 19.7. The highest BCUT2D eigenvalue weighted by Gasteiger charge is 2.27. The smallest absolute Gasteiger partial charge is 0.308 e. The number of methoxy groups -OCH3 is 1. The lowest BCUT2D eigenvalue weighted by Gasteiger charge is -2.33. The average Bonchev–Trinajstić information content (AvgIpc) is 2.73. The molecule has 0 bridgehead atoms. The number of aliphatic imine (C=N–C) groups is 1. The third-order valence-electron chi connectivity index (χ3n) is 4.78. The number of nitro groups is 1. The number of likely N-dealkylation sites (tertiary alicyclic amines) is 1. The van der Waals surface area contributed by atoms with Crippen LogP contribution in [-0.2, 0) is 20.9 Å². The normalized spacial score (nSPS) is 14.5. The number of nitro benzene ring substituents is 1. The molecule has 0 aromatic heterocycles. The number of ether oxygens (including phenoxy) is 1. The van der Waals surface area contributed by atoms with Gasteiger partial charge in [-0.1, -0.05) is 12.1 Å². The van der Waals surface area contributed by atoms with Crippen molar-refractivity contribution in [1.82, 2.24) is 15.1 Å². The number of piperidine rings is 1. The Hall–Kier alpha value is -2.44. The van der Waals surface area contributed by atoms with Crippen LogP contribution in [0.15, 0.2) is 29.3 Å². The van der Waals surface area contributed by atoms with E-state index < -0.39 is 4.92 Å². The van der Waals surface area contributed by atoms with Gasteiger partial charge in [0.15, 0.2) is 5.96 Å². The van der Waals surface area contributed by atoms with E-state index in [4.69, 9.17) is 4.74 Å². The first-order valence-corrected chi connectivity index (χ1v) is 9.36. The maximum atomic E-state index is 12.0. The van der Waals surface area contributed by atoms with Gasteiger partial charge >= 0.3 is 5.97 Å². The van der Waals surface area contributed by atoms with Crippen molar-refractivity contribution >= 4 is 47.5 Å². The van der Waals surface area contributed by atoms with E-state index in [1.807, 2.05) is 4.90 Å². The number of rotatable bonds is 6. The third-order valence-corrected chi connectivity index (χ3v) is 4.78. The standard InChI is InChI=1S/C19H27N5O5.HI/c1-22(2)17(25)13-21-19(23-10-8-15(9-11-23)18(26)29-3)20-12-14-4-6-16(7-5-14)24(27)28;/h4-7,15H,8-13H2,1-3H3,(H,20,21);1H. The minimum absolute atomic E-state index is 0. The van der Waals surface area contributed by atoms with Gasteiger partial charge in [-0.3, -0.25) is 19.7 Å². The summed E-state index contributed by atoms with van der Waals surface area (Å²) in [6.07, 6.45) is 1.29. The van der Waals surface area contributed by atoms with E-state index in [1.54, 1.807) is 26.2 Å². The van der Waals surface area contributed by atoms with Gasteiger partial charge in [-0.25, -0.2) is 4.99 Å². The van der Waals surface area contributed by atoms with E-state index >= 15 is 0 Å². The van der Waals surface area contributed by atoms with Crippen LogP contribution in [0.4, 0.5) is 5.69 Å². The van der Waals surface area contributed by atoms with Gasteiger partial charge in [-0.15, -0.1) is 24.0 Å². The number of benzene rings is 1. The molecule has 1 aliphatic rings. The zero-order chi connectivity index (χ0) is 21.4. The number of nitrogens with one attached hydrogen (secondary N) is 1. The molecule has 0 unspecified atom stereocenters. The molecule has 1 fully saturated rings. The van der Waals surface area contributed by atoms with Gasteiger partial charge < -0.3 is 19.9 Å². The topological polar surface area (TPSA) is 117 Å². The quantitative estimate of drug-likeness (QED) is 0.148. The van der Waals surface area contributed by atoms with Crippen molar-refractivity contribution < 1.29 is 19.2 Å². The van der Waals surface area contributed by atoms with Crippen LogP contribution in [0.2, 0.25) is 0 Å². The number of esters is 1. The fraction of sp³-hybridized carbons (Fsp3) is 0.526. The maximum absolute atomic E-state index is 12.0. The average molecular weight is 533 g/mol. The summed E-state index contributed by atoms with van der Waals surface area (Å²) in [5.41, 5.74) is 0.843. The molecule has 30 heavy (non-hydrogen) atoms. The van der Waals surface area contributed by atoms with Crippen molar-refractivity contribution in [2.24, 2.45) is 10.9 Å². The zero-order valence-electron chi connectivity index (χ0n) is 17.4. The Morgan fingerprint density at radius 2 is 1.87 bits per heavy atom. The fourth-order valence-electron chi connectivity index (χ4n) is 2.96. The van der Waals surface area contributed by atoms with Crippen LogP contribution in [0, 0.1) is 16.0 Å². The summed E-state index contributed by atoms with van der Waals surface area (Å²) in [5.74, 6) is 0.152. The van der Waals surface area contributed by atoms with Crippen LogP contribution in [0.5, 0.6) is 0 Å². The second kappa shape index (κ2) is 12.3. The lowest BCUT2D eigenvalue weighted by molar-refractivity contribution is -0.384. The molecule has 1 saturated heterocycles. The van der Waals surface area contributed by atoms with Gasteiger partial charge in [0.05, 0.1) is 31.0 Å². The first-order chi connectivity index (χ1) is 13.8. The summed E-state index contributed by atoms with van der Waals surface area (Å²) < 4.78 is 4.82. The predicted molar refractivity (Wildman–Crippen MR) is 123 cm³/mol. The van der Waals surface area contributed by atoms with Crippen LogP contribution < -0.4 is 5.32 Å². The molecule has 1 N–H and O–H groups in total. The number of amides is 1. The number of halogens is 1. The maximum Gasteiger partial charge on any atom is 0.308 e. The van der Waals surface area contributed by atoms with Crippen molar-refractivity contribution in [2.45, 2.75) is 19.4 Å². The molecule has 10 nitrogen and oxygen atoms in total. The minimum Gasteiger partial charge on any atom is -0.469 e. The van der Waals surface area contributed by atoms with Gasteiger partial charge in [0.2, 0.25) is 5.91 Å². The molecule has 1 aromatic carbocycles. The second-order valence-corrected chi connectivity index (χ2v) is 6.99. The summed E-state index contributed by atoms with van der Waals surface area (Å²) in [7, 11) is 4.75. The summed E-state index contributed by atoms with van der Waals surface area (Å²) in [4.78, 5) is 42.1. The molecule has 2 rings (SSSR count). The van der Waals surface area contributed by atoms with Crippen LogP contribution in [0.3, 0.4) is 0 Å². The number of hydrogen-bond acceptors (Lipinski definition) is 6. The molecule has 1 amide bonds. The Balaban J connectivity index is 0.00000450. The summed E-state index contributed by atoms with van der Waals surface area (Å²) >= 11 is 0. The Kier molecular flexibility index (Phi) is 10.5. The highest BCUT2D eigenvalue weighted by Crippen LogP contribution is 2.19. The number of carbonyl (C=O) groups is 2. The number of likely N-dealkylation sites (N-methyl/N-ethyl adjacent to an activating group) is 1. The second-order valence-electron chi connectivity index (χ2n) is 6.99. The Labute approximate surface area is 192 Å². The van der Waals surface area contributed by atoms with E-state index in [9.17, 15) is 19.7 Å². The van der Waals surface area contributed by atoms with Crippen molar-refractivity contribution in [1.29, 1.82) is 0 Å². The van der Waals surface area contributed by atoms with Crippen LogP contribution in [0.1, 0.15) is 18.4 Å². The summed E-state index contributed by atoms with van der Waals surface area (Å²) in [5, 5.41) is 13.9. The van der Waals surface area contributed by atoms with Crippen molar-refractivity contribution in [3.05, 3.63) is 39.9 Å². The SMILES string of the molecule is COC(=O)C1CCN(C(=NCc2ccc([N+](=O)[O-])cc2)NCC(=O)N(C)C)CC1.I. The molecule has 0 radical (unpaired) electrons. The summed E-state index contributed by atoms with van der Waals surface area (Å²) in [6, 6.07) is 6.20. The molecule has 1 aromatic rings. The van der Waals surface area contributed by atoms with Crippen molar-refractivity contribution in [3.63, 3.8) is 0 Å². The minimum atomic E-state index is -0.446. The Morgan fingerprint density at radius 3 is 2.37 bits per heavy atom. The predicted octanol–water partition coefficient (Wildman–Crippen LogP) is 1.63. The Bertz CT molecular complexity index is 761. The highest BCUT2D eigenvalue weighted by atomic mass is 127. The first kappa shape index (κ1) is 25.6. The van der Waals surface area contributed by atoms with E-state index in [0.29, 0.717) is 38.4 Å². The fourth-order valence-corrected chi connectivity index (χ4v) is 2.96.